The summed E-state index contributed by atoms with van der Waals surface area (Å²) < 4.78 is 13.4. The minimum Gasteiger partial charge on any atom is -0.384 e. The number of aliphatic imine (C=N–C) groups is 1. The molecule has 1 heterocycles. The van der Waals surface area contributed by atoms with Gasteiger partial charge in [0.15, 0.2) is 0 Å². The maximum absolute atomic E-state index is 13.4. The van der Waals surface area contributed by atoms with Crippen molar-refractivity contribution < 1.29 is 4.39 Å². The fourth-order valence-corrected chi connectivity index (χ4v) is 1.65. The highest BCUT2D eigenvalue weighted by Crippen LogP contribution is 2.23. The Bertz CT molecular complexity index is 591. The molecule has 106 valence electrons. The molecule has 0 aliphatic carbocycles. The lowest BCUT2D eigenvalue weighted by atomic mass is 10.0. The Labute approximate surface area is 122 Å². The van der Waals surface area contributed by atoms with Crippen LogP contribution in [0.2, 0.25) is 5.02 Å². The van der Waals surface area contributed by atoms with Crippen LogP contribution in [0.3, 0.4) is 0 Å². The zero-order chi connectivity index (χ0) is 15.1. The summed E-state index contributed by atoms with van der Waals surface area (Å²) >= 11 is 5.62. The number of hydrogen-bond donors (Lipinski definition) is 3. The molecule has 1 aliphatic heterocycles. The van der Waals surface area contributed by atoms with Crippen molar-refractivity contribution in [1.29, 1.82) is 5.41 Å². The van der Waals surface area contributed by atoms with Gasteiger partial charge in [-0.2, -0.15) is 0 Å². The highest BCUT2D eigenvalue weighted by Gasteiger charge is 2.14. The van der Waals surface area contributed by atoms with Crippen molar-refractivity contribution in [2.24, 2.45) is 10.7 Å². The molecule has 0 atom stereocenters. The molecule has 2 rings (SSSR count). The Morgan fingerprint density at radius 2 is 2.10 bits per heavy atom. The van der Waals surface area contributed by atoms with Gasteiger partial charge in [0.05, 0.1) is 10.6 Å². The molecular weight excluding hydrogens is 279 g/mol. The third kappa shape index (κ3) is 3.68. The maximum Gasteiger partial charge on any atom is 0.142 e. The molecule has 0 bridgehead atoms. The summed E-state index contributed by atoms with van der Waals surface area (Å²) in [6, 6.07) is 4.23. The molecule has 0 aromatic heterocycles. The molecule has 4 N–H and O–H groups in total. The SMILES string of the molecule is CC.N=C(N)/C(=C1/N=CC=CN1)c1ccc(Cl)c(F)c1. The average Bonchev–Trinajstić information content (AvgIpc) is 2.46. The van der Waals surface area contributed by atoms with E-state index in [9.17, 15) is 4.39 Å². The van der Waals surface area contributed by atoms with Gasteiger partial charge >= 0.3 is 0 Å². The summed E-state index contributed by atoms with van der Waals surface area (Å²) in [5.74, 6) is -0.373. The zero-order valence-electron chi connectivity index (χ0n) is 11.2. The number of nitrogens with two attached hydrogens (primary N) is 1. The summed E-state index contributed by atoms with van der Waals surface area (Å²) in [5, 5.41) is 10.5. The van der Waals surface area contributed by atoms with Crippen LogP contribution in [0.1, 0.15) is 19.4 Å². The van der Waals surface area contributed by atoms with Crippen molar-refractivity contribution in [3.63, 3.8) is 0 Å². The van der Waals surface area contributed by atoms with Crippen LogP contribution in [0.5, 0.6) is 0 Å². The van der Waals surface area contributed by atoms with Crippen LogP contribution in [0, 0.1) is 11.2 Å². The predicted octanol–water partition coefficient (Wildman–Crippen LogP) is 3.30. The second kappa shape index (κ2) is 7.45. The van der Waals surface area contributed by atoms with Gasteiger partial charge in [0.25, 0.3) is 0 Å². The molecule has 4 nitrogen and oxygen atoms in total. The molecule has 1 aromatic carbocycles. The first-order valence-corrected chi connectivity index (χ1v) is 6.47. The van der Waals surface area contributed by atoms with Gasteiger partial charge in [-0.15, -0.1) is 0 Å². The fraction of sp³-hybridized carbons (Fsp3) is 0.143. The van der Waals surface area contributed by atoms with Crippen molar-refractivity contribution in [3.8, 4) is 0 Å². The van der Waals surface area contributed by atoms with Crippen LogP contribution in [0.4, 0.5) is 4.39 Å². The van der Waals surface area contributed by atoms with Gasteiger partial charge in [-0.1, -0.05) is 31.5 Å². The Hall–Kier alpha value is -2.14. The molecule has 0 fully saturated rings. The first kappa shape index (κ1) is 15.9. The highest BCUT2D eigenvalue weighted by atomic mass is 35.5. The van der Waals surface area contributed by atoms with Crippen LogP contribution in [-0.2, 0) is 0 Å². The summed E-state index contributed by atoms with van der Waals surface area (Å²) in [6.45, 7) is 4.00. The summed E-state index contributed by atoms with van der Waals surface area (Å²) in [5.41, 5.74) is 6.29. The average molecular weight is 295 g/mol. The molecule has 0 spiro atoms. The van der Waals surface area contributed by atoms with Gasteiger partial charge in [-0.3, -0.25) is 5.41 Å². The lowest BCUT2D eigenvalue weighted by Gasteiger charge is -2.13. The second-order valence-electron chi connectivity index (χ2n) is 3.55. The number of rotatable bonds is 2. The van der Waals surface area contributed by atoms with E-state index in [-0.39, 0.29) is 10.9 Å². The van der Waals surface area contributed by atoms with E-state index in [1.807, 2.05) is 13.8 Å². The molecule has 0 saturated carbocycles. The molecule has 0 unspecified atom stereocenters. The lowest BCUT2D eigenvalue weighted by Crippen LogP contribution is -2.19. The van der Waals surface area contributed by atoms with Gasteiger partial charge in [0.1, 0.15) is 17.5 Å². The van der Waals surface area contributed by atoms with Crippen LogP contribution in [0.25, 0.3) is 5.57 Å². The molecule has 20 heavy (non-hydrogen) atoms. The summed E-state index contributed by atoms with van der Waals surface area (Å²) in [4.78, 5) is 4.06. The van der Waals surface area contributed by atoms with E-state index >= 15 is 0 Å². The standard InChI is InChI=1S/C12H10ClFN4.C2H6/c13-8-3-2-7(6-9(8)14)10(11(15)16)12-17-4-1-5-18-12;1-2/h1-6,17H,(H3,15,16);1-2H3/b12-10+;. The van der Waals surface area contributed by atoms with E-state index in [0.29, 0.717) is 17.0 Å². The van der Waals surface area contributed by atoms with Crippen molar-refractivity contribution >= 4 is 29.2 Å². The van der Waals surface area contributed by atoms with Crippen LogP contribution in [0.15, 0.2) is 41.3 Å². The zero-order valence-corrected chi connectivity index (χ0v) is 12.0. The number of allylic oxidation sites excluding steroid dienone is 1. The van der Waals surface area contributed by atoms with Crippen molar-refractivity contribution in [2.75, 3.05) is 0 Å². The molecule has 0 radical (unpaired) electrons. The van der Waals surface area contributed by atoms with Gasteiger partial charge in [-0.25, -0.2) is 9.38 Å². The van der Waals surface area contributed by atoms with Gasteiger partial charge in [0, 0.05) is 12.4 Å². The van der Waals surface area contributed by atoms with E-state index in [2.05, 4.69) is 10.3 Å². The Morgan fingerprint density at radius 1 is 1.40 bits per heavy atom. The summed E-state index contributed by atoms with van der Waals surface area (Å²) in [7, 11) is 0. The van der Waals surface area contributed by atoms with Crippen LogP contribution in [-0.4, -0.2) is 12.1 Å². The number of nitrogens with zero attached hydrogens (tertiary/aromatic N) is 1. The monoisotopic (exact) mass is 294 g/mol. The molecule has 0 saturated heterocycles. The van der Waals surface area contributed by atoms with Crippen molar-refractivity contribution in [3.05, 3.63) is 52.7 Å². The van der Waals surface area contributed by atoms with Crippen molar-refractivity contribution in [2.45, 2.75) is 13.8 Å². The number of halogens is 2. The van der Waals surface area contributed by atoms with Gasteiger partial charge in [-0.05, 0) is 23.8 Å². The van der Waals surface area contributed by atoms with Crippen LogP contribution >= 0.6 is 11.6 Å². The number of hydrogen-bond acceptors (Lipinski definition) is 3. The van der Waals surface area contributed by atoms with Gasteiger partial charge < -0.3 is 11.1 Å². The highest BCUT2D eigenvalue weighted by molar-refractivity contribution is 6.31. The predicted molar refractivity (Wildman–Crippen MR) is 82.4 cm³/mol. The van der Waals surface area contributed by atoms with Crippen molar-refractivity contribution in [1.82, 2.24) is 5.32 Å². The largest absolute Gasteiger partial charge is 0.384 e. The second-order valence-corrected chi connectivity index (χ2v) is 3.95. The Balaban J connectivity index is 0.000000956. The first-order valence-electron chi connectivity index (χ1n) is 6.09. The maximum atomic E-state index is 13.4. The summed E-state index contributed by atoms with van der Waals surface area (Å²) in [6.07, 6.45) is 4.91. The molecule has 0 amide bonds. The van der Waals surface area contributed by atoms with Gasteiger partial charge in [0.2, 0.25) is 0 Å². The van der Waals surface area contributed by atoms with E-state index in [4.69, 9.17) is 22.7 Å². The number of benzene rings is 1. The lowest BCUT2D eigenvalue weighted by molar-refractivity contribution is 0.628. The molecule has 1 aromatic rings. The number of nitrogens with one attached hydrogen (secondary N) is 2. The smallest absolute Gasteiger partial charge is 0.142 e. The minimum absolute atomic E-state index is 0.0200. The third-order valence-electron chi connectivity index (χ3n) is 2.32. The first-order chi connectivity index (χ1) is 9.59. The molecular formula is C14H16ClFN4. The Morgan fingerprint density at radius 3 is 2.60 bits per heavy atom. The third-order valence-corrected chi connectivity index (χ3v) is 2.63. The number of amidine groups is 1. The van der Waals surface area contributed by atoms with E-state index in [1.165, 1.54) is 12.1 Å². The van der Waals surface area contributed by atoms with E-state index in [1.54, 1.807) is 24.6 Å². The minimum atomic E-state index is -0.566. The fourth-order valence-electron chi connectivity index (χ4n) is 1.53. The molecule has 1 aliphatic rings. The topological polar surface area (TPSA) is 74.3 Å². The van der Waals surface area contributed by atoms with Crippen LogP contribution < -0.4 is 11.1 Å². The van der Waals surface area contributed by atoms with E-state index < -0.39 is 5.82 Å². The Kier molecular flexibility index (Phi) is 5.93. The molecule has 6 heteroatoms. The normalized spacial score (nSPS) is 15.0. The quantitative estimate of drug-likeness (QED) is 0.578. The van der Waals surface area contributed by atoms with E-state index in [0.717, 1.165) is 0 Å².